The number of pyridine rings is 1. The van der Waals surface area contributed by atoms with Crippen LogP contribution in [0.4, 0.5) is 0 Å². The van der Waals surface area contributed by atoms with Crippen molar-refractivity contribution in [2.24, 2.45) is 0 Å². The Morgan fingerprint density at radius 2 is 1.71 bits per heavy atom. The van der Waals surface area contributed by atoms with Crippen LogP contribution in [-0.4, -0.2) is 4.98 Å². The average Bonchev–Trinajstić information content (AvgIpc) is 2.56. The number of halogens is 2. The standard InChI is InChI=1S/C18H9Br2NO3/c19-10-6-11-16(23)15-14(22)8-13(9-4-2-1-3-5-9)21-18(15)24-17(11)12(20)7-10/h1-8H,(H,21,22). The largest absolute Gasteiger partial charge is 0.438 e. The van der Waals surface area contributed by atoms with E-state index in [9.17, 15) is 9.59 Å². The Kier molecular flexibility index (Phi) is 3.66. The second-order valence-electron chi connectivity index (χ2n) is 5.31. The number of benzene rings is 2. The minimum atomic E-state index is -0.366. The first-order valence-electron chi connectivity index (χ1n) is 7.09. The molecule has 4 rings (SSSR count). The molecule has 0 aliphatic rings. The maximum Gasteiger partial charge on any atom is 0.213 e. The Labute approximate surface area is 152 Å². The zero-order valence-corrected chi connectivity index (χ0v) is 15.3. The van der Waals surface area contributed by atoms with Crippen molar-refractivity contribution in [3.8, 4) is 11.3 Å². The molecule has 2 aromatic heterocycles. The van der Waals surface area contributed by atoms with E-state index in [1.807, 2.05) is 30.3 Å². The summed E-state index contributed by atoms with van der Waals surface area (Å²) >= 11 is 6.74. The van der Waals surface area contributed by atoms with Gasteiger partial charge in [-0.15, -0.1) is 0 Å². The van der Waals surface area contributed by atoms with E-state index in [-0.39, 0.29) is 22.0 Å². The fraction of sp³-hybridized carbons (Fsp3) is 0. The summed E-state index contributed by atoms with van der Waals surface area (Å²) in [4.78, 5) is 28.3. The van der Waals surface area contributed by atoms with E-state index in [0.29, 0.717) is 21.1 Å². The van der Waals surface area contributed by atoms with Crippen LogP contribution < -0.4 is 10.9 Å². The van der Waals surface area contributed by atoms with Crippen LogP contribution in [0.25, 0.3) is 33.3 Å². The normalized spacial score (nSPS) is 11.2. The van der Waals surface area contributed by atoms with E-state index in [4.69, 9.17) is 4.42 Å². The van der Waals surface area contributed by atoms with Crippen molar-refractivity contribution < 1.29 is 4.42 Å². The Morgan fingerprint density at radius 1 is 0.958 bits per heavy atom. The highest BCUT2D eigenvalue weighted by molar-refractivity contribution is 9.11. The lowest BCUT2D eigenvalue weighted by atomic mass is 10.1. The molecule has 0 saturated carbocycles. The van der Waals surface area contributed by atoms with Gasteiger partial charge in [0.05, 0.1) is 15.6 Å². The lowest BCUT2D eigenvalue weighted by Crippen LogP contribution is -2.14. The summed E-state index contributed by atoms with van der Waals surface area (Å²) in [6, 6.07) is 14.3. The lowest BCUT2D eigenvalue weighted by molar-refractivity contribution is 0.643. The second kappa shape index (κ2) is 5.72. The van der Waals surface area contributed by atoms with Gasteiger partial charge in [0.2, 0.25) is 11.1 Å². The van der Waals surface area contributed by atoms with E-state index >= 15 is 0 Å². The number of hydrogen-bond donors (Lipinski definition) is 1. The Balaban J connectivity index is 2.15. The Morgan fingerprint density at radius 3 is 2.46 bits per heavy atom. The molecule has 4 aromatic rings. The molecule has 0 radical (unpaired) electrons. The van der Waals surface area contributed by atoms with Crippen molar-refractivity contribution in [1.82, 2.24) is 4.98 Å². The van der Waals surface area contributed by atoms with Crippen LogP contribution in [0.3, 0.4) is 0 Å². The van der Waals surface area contributed by atoms with E-state index in [1.165, 1.54) is 6.07 Å². The van der Waals surface area contributed by atoms with Crippen molar-refractivity contribution in [3.63, 3.8) is 0 Å². The average molecular weight is 447 g/mol. The predicted octanol–water partition coefficient (Wildman–Crippen LogP) is 4.83. The van der Waals surface area contributed by atoms with Crippen molar-refractivity contribution in [1.29, 1.82) is 0 Å². The molecular formula is C18H9Br2NO3. The number of nitrogens with one attached hydrogen (secondary N) is 1. The van der Waals surface area contributed by atoms with E-state index in [0.717, 1.165) is 10.0 Å². The minimum absolute atomic E-state index is 0.0205. The summed E-state index contributed by atoms with van der Waals surface area (Å²) in [6.07, 6.45) is 0. The number of aromatic nitrogens is 1. The molecule has 0 spiro atoms. The number of hydrogen-bond acceptors (Lipinski definition) is 3. The van der Waals surface area contributed by atoms with Crippen LogP contribution in [0.2, 0.25) is 0 Å². The fourth-order valence-corrected chi connectivity index (χ4v) is 3.98. The highest BCUT2D eigenvalue weighted by Gasteiger charge is 2.15. The monoisotopic (exact) mass is 445 g/mol. The van der Waals surface area contributed by atoms with Gasteiger partial charge in [0.15, 0.2) is 11.0 Å². The van der Waals surface area contributed by atoms with Crippen LogP contribution >= 0.6 is 31.9 Å². The molecule has 0 unspecified atom stereocenters. The first kappa shape index (κ1) is 15.4. The molecular weight excluding hydrogens is 438 g/mol. The maximum atomic E-state index is 12.7. The third-order valence-corrected chi connectivity index (χ3v) is 4.81. The number of H-pyrrole nitrogens is 1. The van der Waals surface area contributed by atoms with Crippen molar-refractivity contribution in [2.45, 2.75) is 0 Å². The molecule has 24 heavy (non-hydrogen) atoms. The molecule has 2 heterocycles. The van der Waals surface area contributed by atoms with Crippen LogP contribution in [0.15, 0.2) is 71.5 Å². The molecule has 0 bridgehead atoms. The Bertz CT molecular complexity index is 1210. The smallest absolute Gasteiger partial charge is 0.213 e. The summed E-state index contributed by atoms with van der Waals surface area (Å²) in [7, 11) is 0. The van der Waals surface area contributed by atoms with Gasteiger partial charge in [-0.1, -0.05) is 46.3 Å². The summed E-state index contributed by atoms with van der Waals surface area (Å²) in [5, 5.41) is 0.369. The SMILES string of the molecule is O=c1cc(-c2ccccc2)[nH]c2oc3c(Br)cc(Br)cc3c(=O)c12. The van der Waals surface area contributed by atoms with Gasteiger partial charge < -0.3 is 9.40 Å². The molecule has 0 aliphatic carbocycles. The van der Waals surface area contributed by atoms with Crippen LogP contribution in [0.5, 0.6) is 0 Å². The van der Waals surface area contributed by atoms with Gasteiger partial charge in [0.1, 0.15) is 5.39 Å². The quantitative estimate of drug-likeness (QED) is 0.426. The van der Waals surface area contributed by atoms with Crippen LogP contribution in [0, 0.1) is 0 Å². The molecule has 6 heteroatoms. The topological polar surface area (TPSA) is 63.1 Å². The third-order valence-electron chi connectivity index (χ3n) is 3.77. The number of aromatic amines is 1. The molecule has 1 N–H and O–H groups in total. The number of fused-ring (bicyclic) bond motifs is 2. The predicted molar refractivity (Wildman–Crippen MR) is 101 cm³/mol. The van der Waals surface area contributed by atoms with E-state index < -0.39 is 0 Å². The lowest BCUT2D eigenvalue weighted by Gasteiger charge is -2.06. The van der Waals surface area contributed by atoms with Gasteiger partial charge in [-0.2, -0.15) is 0 Å². The Hall–Kier alpha value is -2.18. The molecule has 2 aromatic carbocycles. The molecule has 0 fully saturated rings. The summed E-state index contributed by atoms with van der Waals surface area (Å²) in [6.45, 7) is 0. The van der Waals surface area contributed by atoms with E-state index in [1.54, 1.807) is 12.1 Å². The van der Waals surface area contributed by atoms with Gasteiger partial charge in [-0.05, 0) is 33.6 Å². The maximum absolute atomic E-state index is 12.7. The van der Waals surface area contributed by atoms with Crippen molar-refractivity contribution >= 4 is 53.9 Å². The van der Waals surface area contributed by atoms with Crippen molar-refractivity contribution in [2.75, 3.05) is 0 Å². The van der Waals surface area contributed by atoms with Crippen LogP contribution in [0.1, 0.15) is 0 Å². The van der Waals surface area contributed by atoms with Gasteiger partial charge in [0.25, 0.3) is 0 Å². The van der Waals surface area contributed by atoms with Crippen LogP contribution in [-0.2, 0) is 0 Å². The summed E-state index contributed by atoms with van der Waals surface area (Å²) in [5.74, 6) is 0. The highest BCUT2D eigenvalue weighted by Crippen LogP contribution is 2.28. The zero-order chi connectivity index (χ0) is 16.8. The first-order valence-corrected chi connectivity index (χ1v) is 8.67. The highest BCUT2D eigenvalue weighted by atomic mass is 79.9. The van der Waals surface area contributed by atoms with E-state index in [2.05, 4.69) is 36.8 Å². The second-order valence-corrected chi connectivity index (χ2v) is 7.08. The minimum Gasteiger partial charge on any atom is -0.438 e. The number of rotatable bonds is 1. The van der Waals surface area contributed by atoms with Gasteiger partial charge in [-0.3, -0.25) is 9.59 Å². The summed E-state index contributed by atoms with van der Waals surface area (Å²) < 4.78 is 7.20. The molecule has 0 aliphatic heterocycles. The van der Waals surface area contributed by atoms with Gasteiger partial charge >= 0.3 is 0 Å². The molecule has 0 amide bonds. The molecule has 0 atom stereocenters. The third kappa shape index (κ3) is 2.42. The summed E-state index contributed by atoms with van der Waals surface area (Å²) in [5.41, 5.74) is 1.29. The molecule has 4 nitrogen and oxygen atoms in total. The van der Waals surface area contributed by atoms with Crippen molar-refractivity contribution in [3.05, 3.63) is 77.9 Å². The fourth-order valence-electron chi connectivity index (χ4n) is 2.67. The molecule has 118 valence electrons. The zero-order valence-electron chi connectivity index (χ0n) is 12.1. The van der Waals surface area contributed by atoms with Gasteiger partial charge in [0, 0.05) is 10.5 Å². The first-order chi connectivity index (χ1) is 11.5. The molecule has 0 saturated heterocycles. The van der Waals surface area contributed by atoms with Gasteiger partial charge in [-0.25, -0.2) is 0 Å².